The largest absolute Gasteiger partial charge is 0.338 e. The molecule has 19 heavy (non-hydrogen) atoms. The van der Waals surface area contributed by atoms with Gasteiger partial charge < -0.3 is 4.57 Å². The van der Waals surface area contributed by atoms with Gasteiger partial charge in [-0.1, -0.05) is 12.8 Å². The Morgan fingerprint density at radius 1 is 1.26 bits per heavy atom. The minimum absolute atomic E-state index is 0.164. The lowest BCUT2D eigenvalue weighted by molar-refractivity contribution is -0.130. The van der Waals surface area contributed by atoms with E-state index < -0.39 is 0 Å². The summed E-state index contributed by atoms with van der Waals surface area (Å²) in [4.78, 5) is 19.7. The summed E-state index contributed by atoms with van der Waals surface area (Å²) in [5, 5.41) is 0. The molecule has 1 saturated heterocycles. The van der Waals surface area contributed by atoms with Crippen molar-refractivity contribution in [3.63, 3.8) is 0 Å². The van der Waals surface area contributed by atoms with Gasteiger partial charge in [0.15, 0.2) is 5.78 Å². The Morgan fingerprint density at radius 2 is 1.95 bits per heavy atom. The smallest absolute Gasteiger partial charge is 0.160 e. The van der Waals surface area contributed by atoms with Crippen molar-refractivity contribution in [3.8, 4) is 0 Å². The van der Waals surface area contributed by atoms with Crippen LogP contribution in [-0.4, -0.2) is 38.9 Å². The summed E-state index contributed by atoms with van der Waals surface area (Å²) >= 11 is 0. The lowest BCUT2D eigenvalue weighted by atomic mass is 9.88. The first-order valence-corrected chi connectivity index (χ1v) is 7.47. The van der Waals surface area contributed by atoms with E-state index in [1.54, 1.807) is 6.20 Å². The lowest BCUT2D eigenvalue weighted by Crippen LogP contribution is -2.52. The second kappa shape index (κ2) is 5.08. The SMILES string of the molecule is Cn1ccnc1CC(=O)C1(N2CCCC2)CCCC1. The van der Waals surface area contributed by atoms with Gasteiger partial charge in [0.1, 0.15) is 5.82 Å². The van der Waals surface area contributed by atoms with Gasteiger partial charge in [-0.25, -0.2) is 4.98 Å². The van der Waals surface area contributed by atoms with Crippen LogP contribution in [0.2, 0.25) is 0 Å². The summed E-state index contributed by atoms with van der Waals surface area (Å²) in [5.74, 6) is 1.29. The number of aromatic nitrogens is 2. The third-order valence-electron chi connectivity index (χ3n) is 4.90. The van der Waals surface area contributed by atoms with Crippen LogP contribution >= 0.6 is 0 Å². The van der Waals surface area contributed by atoms with Gasteiger partial charge in [0.2, 0.25) is 0 Å². The monoisotopic (exact) mass is 261 g/mol. The van der Waals surface area contributed by atoms with Crippen molar-refractivity contribution in [1.29, 1.82) is 0 Å². The Kier molecular flexibility index (Phi) is 3.44. The number of Topliss-reactive ketones (excluding diaryl/α,β-unsaturated/α-hetero) is 1. The maximum Gasteiger partial charge on any atom is 0.160 e. The third-order valence-corrected chi connectivity index (χ3v) is 4.90. The zero-order valence-electron chi connectivity index (χ0n) is 11.8. The maximum absolute atomic E-state index is 12.9. The molecule has 2 fully saturated rings. The number of likely N-dealkylation sites (tertiary alicyclic amines) is 1. The highest BCUT2D eigenvalue weighted by molar-refractivity contribution is 5.90. The third kappa shape index (κ3) is 2.22. The zero-order valence-corrected chi connectivity index (χ0v) is 11.8. The molecule has 4 nitrogen and oxygen atoms in total. The molecule has 1 aromatic rings. The molecule has 1 aliphatic carbocycles. The normalized spacial score (nSPS) is 23.0. The summed E-state index contributed by atoms with van der Waals surface area (Å²) in [6.07, 6.45) is 11.2. The molecule has 2 heterocycles. The number of hydrogen-bond donors (Lipinski definition) is 0. The van der Waals surface area contributed by atoms with E-state index in [2.05, 4.69) is 9.88 Å². The Morgan fingerprint density at radius 3 is 2.53 bits per heavy atom. The molecule has 2 aliphatic rings. The average molecular weight is 261 g/mol. The molecule has 1 saturated carbocycles. The molecule has 0 bridgehead atoms. The molecule has 0 unspecified atom stereocenters. The van der Waals surface area contributed by atoms with Crippen molar-refractivity contribution >= 4 is 5.78 Å². The van der Waals surface area contributed by atoms with Crippen molar-refractivity contribution in [2.45, 2.75) is 50.5 Å². The highest BCUT2D eigenvalue weighted by atomic mass is 16.1. The molecule has 4 heteroatoms. The van der Waals surface area contributed by atoms with Gasteiger partial charge >= 0.3 is 0 Å². The number of hydrogen-bond acceptors (Lipinski definition) is 3. The molecule has 0 radical (unpaired) electrons. The number of carbonyl (C=O) groups is 1. The van der Waals surface area contributed by atoms with Gasteiger partial charge in [0, 0.05) is 19.4 Å². The van der Waals surface area contributed by atoms with E-state index in [9.17, 15) is 4.79 Å². The Hall–Kier alpha value is -1.16. The number of nitrogens with zero attached hydrogens (tertiary/aromatic N) is 3. The molecular formula is C15H23N3O. The zero-order chi connectivity index (χ0) is 13.3. The van der Waals surface area contributed by atoms with Crippen molar-refractivity contribution in [2.24, 2.45) is 7.05 Å². The molecular weight excluding hydrogens is 238 g/mol. The quantitative estimate of drug-likeness (QED) is 0.831. The molecule has 104 valence electrons. The summed E-state index contributed by atoms with van der Waals surface area (Å²) in [5.41, 5.74) is -0.164. The van der Waals surface area contributed by atoms with Crippen LogP contribution in [0.3, 0.4) is 0 Å². The summed E-state index contributed by atoms with van der Waals surface area (Å²) in [6, 6.07) is 0. The fourth-order valence-electron chi connectivity index (χ4n) is 3.75. The van der Waals surface area contributed by atoms with Crippen LogP contribution in [-0.2, 0) is 18.3 Å². The number of aryl methyl sites for hydroxylation is 1. The van der Waals surface area contributed by atoms with Gasteiger partial charge in [-0.15, -0.1) is 0 Å². The van der Waals surface area contributed by atoms with Gasteiger partial charge in [0.05, 0.1) is 12.0 Å². The Balaban J connectivity index is 1.80. The van der Waals surface area contributed by atoms with E-state index in [1.807, 2.05) is 17.8 Å². The van der Waals surface area contributed by atoms with Crippen molar-refractivity contribution < 1.29 is 4.79 Å². The number of ketones is 1. The molecule has 3 rings (SSSR count). The standard InChI is InChI=1S/C15H23N3O/c1-17-11-8-16-14(17)12-13(19)15(6-2-3-7-15)18-9-4-5-10-18/h8,11H,2-7,9-10,12H2,1H3. The number of imidazole rings is 1. The summed E-state index contributed by atoms with van der Waals surface area (Å²) in [6.45, 7) is 2.21. The van der Waals surface area contributed by atoms with Crippen molar-refractivity contribution in [2.75, 3.05) is 13.1 Å². The highest BCUT2D eigenvalue weighted by Crippen LogP contribution is 2.38. The summed E-state index contributed by atoms with van der Waals surface area (Å²) < 4.78 is 1.96. The first-order valence-electron chi connectivity index (χ1n) is 7.47. The molecule has 1 aromatic heterocycles. The van der Waals surface area contributed by atoms with E-state index in [0.717, 1.165) is 31.8 Å². The Labute approximate surface area is 114 Å². The van der Waals surface area contributed by atoms with E-state index >= 15 is 0 Å². The van der Waals surface area contributed by atoms with Crippen LogP contribution in [0.5, 0.6) is 0 Å². The van der Waals surface area contributed by atoms with Crippen LogP contribution in [0.25, 0.3) is 0 Å². The van der Waals surface area contributed by atoms with Gasteiger partial charge in [-0.2, -0.15) is 0 Å². The van der Waals surface area contributed by atoms with Gasteiger partial charge in [-0.05, 0) is 38.8 Å². The predicted octanol–water partition coefficient (Wildman–Crippen LogP) is 1.94. The molecule has 0 atom stereocenters. The molecule has 1 aliphatic heterocycles. The summed E-state index contributed by atoms with van der Waals surface area (Å²) in [7, 11) is 1.97. The van der Waals surface area contributed by atoms with Gasteiger partial charge in [-0.3, -0.25) is 9.69 Å². The molecule has 0 aromatic carbocycles. The molecule has 0 N–H and O–H groups in total. The minimum Gasteiger partial charge on any atom is -0.338 e. The highest BCUT2D eigenvalue weighted by Gasteiger charge is 2.46. The fourth-order valence-corrected chi connectivity index (χ4v) is 3.75. The first kappa shape index (κ1) is 12.9. The molecule has 0 amide bonds. The van der Waals surface area contributed by atoms with Crippen LogP contribution in [0.4, 0.5) is 0 Å². The maximum atomic E-state index is 12.9. The van der Waals surface area contributed by atoms with Crippen LogP contribution < -0.4 is 0 Å². The minimum atomic E-state index is -0.164. The topological polar surface area (TPSA) is 38.1 Å². The van der Waals surface area contributed by atoms with E-state index in [-0.39, 0.29) is 5.54 Å². The second-order valence-corrected chi connectivity index (χ2v) is 5.99. The van der Waals surface area contributed by atoms with E-state index in [4.69, 9.17) is 0 Å². The number of rotatable bonds is 4. The van der Waals surface area contributed by atoms with Crippen LogP contribution in [0.1, 0.15) is 44.3 Å². The van der Waals surface area contributed by atoms with E-state index in [1.165, 1.54) is 25.7 Å². The first-order chi connectivity index (χ1) is 9.22. The van der Waals surface area contributed by atoms with Crippen LogP contribution in [0.15, 0.2) is 12.4 Å². The average Bonchev–Trinajstić information content (AvgIpc) is 3.10. The fraction of sp³-hybridized carbons (Fsp3) is 0.733. The second-order valence-electron chi connectivity index (χ2n) is 5.99. The molecule has 0 spiro atoms. The Bertz CT molecular complexity index is 454. The van der Waals surface area contributed by atoms with Gasteiger partial charge in [0.25, 0.3) is 0 Å². The lowest BCUT2D eigenvalue weighted by Gasteiger charge is -2.37. The number of carbonyl (C=O) groups excluding carboxylic acids is 1. The van der Waals surface area contributed by atoms with Crippen molar-refractivity contribution in [1.82, 2.24) is 14.5 Å². The van der Waals surface area contributed by atoms with Crippen molar-refractivity contribution in [3.05, 3.63) is 18.2 Å². The predicted molar refractivity (Wildman–Crippen MR) is 73.9 cm³/mol. The van der Waals surface area contributed by atoms with E-state index in [0.29, 0.717) is 12.2 Å². The van der Waals surface area contributed by atoms with Crippen LogP contribution in [0, 0.1) is 0 Å².